The highest BCUT2D eigenvalue weighted by molar-refractivity contribution is 14.0. The summed E-state index contributed by atoms with van der Waals surface area (Å²) in [4.78, 5) is 17.4. The summed E-state index contributed by atoms with van der Waals surface area (Å²) in [7, 11) is 1.72. The van der Waals surface area contributed by atoms with Crippen molar-refractivity contribution in [3.8, 4) is 0 Å². The lowest BCUT2D eigenvalue weighted by atomic mass is 10.2. The molecule has 0 atom stereocenters. The molecule has 0 saturated carbocycles. The number of nitrogens with zero attached hydrogens (tertiary/aromatic N) is 1. The molecular formula is C17H22BrIN4OS. The first kappa shape index (κ1) is 21.9. The van der Waals surface area contributed by atoms with Crippen molar-refractivity contribution in [2.45, 2.75) is 19.9 Å². The summed E-state index contributed by atoms with van der Waals surface area (Å²) in [6.45, 7) is 3.21. The number of hydrogen-bond acceptors (Lipinski definition) is 3. The van der Waals surface area contributed by atoms with Gasteiger partial charge in [0.25, 0.3) is 0 Å². The minimum absolute atomic E-state index is 0. The average molecular weight is 537 g/mol. The molecule has 0 aliphatic rings. The Labute approximate surface area is 177 Å². The minimum Gasteiger partial charge on any atom is -0.356 e. The summed E-state index contributed by atoms with van der Waals surface area (Å²) < 4.78 is 1.00. The molecule has 0 aliphatic heterocycles. The van der Waals surface area contributed by atoms with Gasteiger partial charge >= 0.3 is 0 Å². The fourth-order valence-electron chi connectivity index (χ4n) is 2.08. The third kappa shape index (κ3) is 7.74. The smallest absolute Gasteiger partial charge is 0.226 e. The molecule has 1 aromatic heterocycles. The lowest BCUT2D eigenvalue weighted by Gasteiger charge is -2.12. The number of guanidine groups is 1. The average Bonchev–Trinajstić information content (AvgIpc) is 3.07. The van der Waals surface area contributed by atoms with E-state index in [1.165, 1.54) is 4.88 Å². The fourth-order valence-corrected chi connectivity index (χ4v) is 3.20. The molecule has 2 rings (SSSR count). The van der Waals surface area contributed by atoms with Gasteiger partial charge in [-0.15, -0.1) is 35.3 Å². The first-order valence-electron chi connectivity index (χ1n) is 7.61. The second-order valence-electron chi connectivity index (χ2n) is 5.19. The third-order valence-corrected chi connectivity index (χ3v) is 4.71. The fraction of sp³-hybridized carbons (Fsp3) is 0.294. The molecule has 0 saturated heterocycles. The zero-order chi connectivity index (χ0) is 17.4. The molecule has 1 amide bonds. The maximum absolute atomic E-state index is 12.0. The number of benzene rings is 1. The summed E-state index contributed by atoms with van der Waals surface area (Å²) in [6, 6.07) is 9.87. The van der Waals surface area contributed by atoms with Gasteiger partial charge < -0.3 is 16.0 Å². The van der Waals surface area contributed by atoms with E-state index in [1.807, 2.05) is 36.6 Å². The quantitative estimate of drug-likeness (QED) is 0.295. The number of carbonyl (C=O) groups excluding carboxylic acids is 1. The Balaban J connectivity index is 0.00000312. The van der Waals surface area contributed by atoms with Crippen LogP contribution in [0.15, 0.2) is 45.2 Å². The number of halogens is 2. The Morgan fingerprint density at radius 1 is 1.28 bits per heavy atom. The van der Waals surface area contributed by atoms with Crippen LogP contribution in [0, 0.1) is 6.92 Å². The summed E-state index contributed by atoms with van der Waals surface area (Å²) in [5.41, 5.74) is 1.86. The Bertz CT molecular complexity index is 707. The lowest BCUT2D eigenvalue weighted by Crippen LogP contribution is -2.38. The normalized spacial score (nSPS) is 10.8. The van der Waals surface area contributed by atoms with Crippen LogP contribution in [0.25, 0.3) is 0 Å². The van der Waals surface area contributed by atoms with Crippen LogP contribution in [0.5, 0.6) is 0 Å². The number of amides is 1. The van der Waals surface area contributed by atoms with Gasteiger partial charge in [0.15, 0.2) is 5.96 Å². The summed E-state index contributed by atoms with van der Waals surface area (Å²) >= 11 is 5.11. The van der Waals surface area contributed by atoms with Crippen molar-refractivity contribution in [3.63, 3.8) is 0 Å². The first-order chi connectivity index (χ1) is 11.6. The van der Waals surface area contributed by atoms with Gasteiger partial charge in [-0.3, -0.25) is 9.79 Å². The summed E-state index contributed by atoms with van der Waals surface area (Å²) in [6.07, 6.45) is 0.370. The van der Waals surface area contributed by atoms with Crippen LogP contribution in [0.4, 0.5) is 5.69 Å². The van der Waals surface area contributed by atoms with Crippen LogP contribution in [0.3, 0.4) is 0 Å². The van der Waals surface area contributed by atoms with Crippen LogP contribution in [0.2, 0.25) is 0 Å². The predicted molar refractivity (Wildman–Crippen MR) is 120 cm³/mol. The highest BCUT2D eigenvalue weighted by Gasteiger charge is 2.06. The number of aryl methyl sites for hydroxylation is 1. The second kappa shape index (κ2) is 11.5. The molecule has 0 aliphatic carbocycles. The standard InChI is InChI=1S/C17H21BrN4OS.HI/c1-12-10-13(18)5-6-15(12)22-16(23)7-8-20-17(19-2)21-11-14-4-3-9-24-14;/h3-6,9-10H,7-8,11H2,1-2H3,(H,22,23)(H2,19,20,21);1H. The van der Waals surface area contributed by atoms with Gasteiger partial charge in [-0.25, -0.2) is 0 Å². The highest BCUT2D eigenvalue weighted by Crippen LogP contribution is 2.20. The van der Waals surface area contributed by atoms with Crippen LogP contribution < -0.4 is 16.0 Å². The van der Waals surface area contributed by atoms with E-state index in [9.17, 15) is 4.79 Å². The summed E-state index contributed by atoms with van der Waals surface area (Å²) in [5.74, 6) is 0.664. The van der Waals surface area contributed by atoms with Crippen LogP contribution in [-0.2, 0) is 11.3 Å². The van der Waals surface area contributed by atoms with E-state index in [1.54, 1.807) is 18.4 Å². The molecule has 0 radical (unpaired) electrons. The van der Waals surface area contributed by atoms with Crippen LogP contribution in [0.1, 0.15) is 16.9 Å². The Morgan fingerprint density at radius 2 is 2.08 bits per heavy atom. The van der Waals surface area contributed by atoms with Gasteiger partial charge in [-0.2, -0.15) is 0 Å². The van der Waals surface area contributed by atoms with Crippen molar-refractivity contribution < 1.29 is 4.79 Å². The van der Waals surface area contributed by atoms with Crippen molar-refractivity contribution in [2.24, 2.45) is 4.99 Å². The third-order valence-electron chi connectivity index (χ3n) is 3.34. The van der Waals surface area contributed by atoms with Crippen molar-refractivity contribution in [1.29, 1.82) is 0 Å². The first-order valence-corrected chi connectivity index (χ1v) is 9.28. The van der Waals surface area contributed by atoms with Gasteiger partial charge in [-0.05, 0) is 42.1 Å². The monoisotopic (exact) mass is 536 g/mol. The maximum Gasteiger partial charge on any atom is 0.226 e. The SMILES string of the molecule is CN=C(NCCC(=O)Nc1ccc(Br)cc1C)NCc1cccs1.I. The number of anilines is 1. The largest absolute Gasteiger partial charge is 0.356 e. The van der Waals surface area contributed by atoms with E-state index in [0.717, 1.165) is 22.3 Å². The molecule has 25 heavy (non-hydrogen) atoms. The van der Waals surface area contributed by atoms with E-state index < -0.39 is 0 Å². The van der Waals surface area contributed by atoms with E-state index >= 15 is 0 Å². The molecule has 136 valence electrons. The zero-order valence-corrected chi connectivity index (χ0v) is 18.9. The number of aliphatic imine (C=N–C) groups is 1. The highest BCUT2D eigenvalue weighted by atomic mass is 127. The second-order valence-corrected chi connectivity index (χ2v) is 7.14. The van der Waals surface area contributed by atoms with Gasteiger partial charge in [0.05, 0.1) is 6.54 Å². The Morgan fingerprint density at radius 3 is 2.72 bits per heavy atom. The van der Waals surface area contributed by atoms with Crippen molar-refractivity contribution >= 4 is 68.8 Å². The van der Waals surface area contributed by atoms with Gasteiger partial charge in [0, 0.05) is 35.1 Å². The Kier molecular flexibility index (Phi) is 10.1. The predicted octanol–water partition coefficient (Wildman–Crippen LogP) is 4.13. The minimum atomic E-state index is -0.0263. The molecule has 3 N–H and O–H groups in total. The van der Waals surface area contributed by atoms with E-state index in [0.29, 0.717) is 18.9 Å². The number of nitrogens with one attached hydrogen (secondary N) is 3. The summed E-state index contributed by atoms with van der Waals surface area (Å²) in [5, 5.41) is 11.3. The van der Waals surface area contributed by atoms with E-state index in [-0.39, 0.29) is 29.9 Å². The molecule has 8 heteroatoms. The molecular weight excluding hydrogens is 515 g/mol. The molecule has 0 fully saturated rings. The van der Waals surface area contributed by atoms with E-state index in [4.69, 9.17) is 0 Å². The molecule has 0 spiro atoms. The molecule has 0 bridgehead atoms. The molecule has 0 unspecified atom stereocenters. The molecule has 2 aromatic rings. The molecule has 1 heterocycles. The number of carbonyl (C=O) groups is 1. The number of thiophene rings is 1. The lowest BCUT2D eigenvalue weighted by molar-refractivity contribution is -0.116. The van der Waals surface area contributed by atoms with Gasteiger partial charge in [0.1, 0.15) is 0 Å². The number of hydrogen-bond donors (Lipinski definition) is 3. The van der Waals surface area contributed by atoms with Crippen molar-refractivity contribution in [1.82, 2.24) is 10.6 Å². The molecule has 1 aromatic carbocycles. The van der Waals surface area contributed by atoms with Crippen LogP contribution in [-0.4, -0.2) is 25.5 Å². The van der Waals surface area contributed by atoms with Gasteiger partial charge in [0.2, 0.25) is 5.91 Å². The maximum atomic E-state index is 12.0. The van der Waals surface area contributed by atoms with Gasteiger partial charge in [-0.1, -0.05) is 22.0 Å². The number of rotatable bonds is 6. The van der Waals surface area contributed by atoms with E-state index in [2.05, 4.69) is 42.9 Å². The molecule has 5 nitrogen and oxygen atoms in total. The topological polar surface area (TPSA) is 65.5 Å². The Hall–Kier alpha value is -1.13. The van der Waals surface area contributed by atoms with Crippen LogP contribution >= 0.6 is 51.2 Å². The van der Waals surface area contributed by atoms with Crippen molar-refractivity contribution in [3.05, 3.63) is 50.6 Å². The van der Waals surface area contributed by atoms with Crippen molar-refractivity contribution in [2.75, 3.05) is 18.9 Å². The zero-order valence-electron chi connectivity index (χ0n) is 14.1.